The third-order valence-electron chi connectivity index (χ3n) is 3.52. The Balaban J connectivity index is 2.14. The van der Waals surface area contributed by atoms with Crippen molar-refractivity contribution in [3.05, 3.63) is 38.9 Å². The minimum Gasteiger partial charge on any atom is -0.381 e. The molecule has 1 fully saturated rings. The molecule has 0 N–H and O–H groups in total. The molecule has 1 aliphatic rings. The molecule has 2 rings (SSSR count). The fourth-order valence-corrected chi connectivity index (χ4v) is 2.64. The maximum absolute atomic E-state index is 12.4. The van der Waals surface area contributed by atoms with Gasteiger partial charge >= 0.3 is 0 Å². The number of benzene rings is 1. The molecule has 1 aromatic rings. The highest BCUT2D eigenvalue weighted by molar-refractivity contribution is 6.31. The summed E-state index contributed by atoms with van der Waals surface area (Å²) in [5.74, 6) is -0.124. The number of nitro groups is 1. The average Bonchev–Trinajstić information content (AvgIpc) is 2.47. The molecular formula is C14H17ClN2O4. The standard InChI is InChI=1S/C14H17ClN2O4/c1-16(8-10-3-2-6-21-9-10)14(18)12-7-11(15)4-5-13(12)17(19)20/h4-5,7,10H,2-3,6,8-9H2,1H3. The van der Waals surface area contributed by atoms with Crippen molar-refractivity contribution < 1.29 is 14.5 Å². The van der Waals surface area contributed by atoms with Crippen LogP contribution >= 0.6 is 11.6 Å². The number of halogens is 1. The first-order valence-electron chi connectivity index (χ1n) is 6.76. The summed E-state index contributed by atoms with van der Waals surface area (Å²) in [6.45, 7) is 1.89. The van der Waals surface area contributed by atoms with Crippen molar-refractivity contribution >= 4 is 23.2 Å². The molecule has 0 spiro atoms. The Morgan fingerprint density at radius 3 is 2.95 bits per heavy atom. The Kier molecular flexibility index (Phi) is 5.14. The molecule has 0 bridgehead atoms. The molecule has 21 heavy (non-hydrogen) atoms. The molecule has 0 aromatic heterocycles. The number of nitrogens with zero attached hydrogens (tertiary/aromatic N) is 2. The van der Waals surface area contributed by atoms with Gasteiger partial charge in [0.2, 0.25) is 0 Å². The minimum atomic E-state index is -0.568. The highest BCUT2D eigenvalue weighted by atomic mass is 35.5. The zero-order chi connectivity index (χ0) is 15.4. The molecule has 0 radical (unpaired) electrons. The maximum atomic E-state index is 12.4. The van der Waals surface area contributed by atoms with Gasteiger partial charge in [0.1, 0.15) is 5.56 Å². The van der Waals surface area contributed by atoms with Gasteiger partial charge in [0.05, 0.1) is 11.5 Å². The van der Waals surface area contributed by atoms with Gasteiger partial charge in [-0.1, -0.05) is 11.6 Å². The van der Waals surface area contributed by atoms with E-state index in [-0.39, 0.29) is 17.2 Å². The van der Waals surface area contributed by atoms with Crippen LogP contribution in [0.5, 0.6) is 0 Å². The lowest BCUT2D eigenvalue weighted by Gasteiger charge is -2.27. The van der Waals surface area contributed by atoms with E-state index in [1.807, 2.05) is 0 Å². The molecule has 1 atom stereocenters. The van der Waals surface area contributed by atoms with Gasteiger partial charge in [0.25, 0.3) is 11.6 Å². The first-order valence-corrected chi connectivity index (χ1v) is 7.14. The minimum absolute atomic E-state index is 0.0201. The highest BCUT2D eigenvalue weighted by Crippen LogP contribution is 2.24. The third kappa shape index (κ3) is 3.92. The van der Waals surface area contributed by atoms with Crippen LogP contribution < -0.4 is 0 Å². The second kappa shape index (κ2) is 6.87. The zero-order valence-electron chi connectivity index (χ0n) is 11.8. The molecule has 1 unspecified atom stereocenters. The van der Waals surface area contributed by atoms with E-state index in [0.717, 1.165) is 19.4 Å². The number of ether oxygens (including phenoxy) is 1. The fraction of sp³-hybridized carbons (Fsp3) is 0.500. The van der Waals surface area contributed by atoms with Crippen molar-refractivity contribution in [1.29, 1.82) is 0 Å². The van der Waals surface area contributed by atoms with Gasteiger partial charge in [-0.3, -0.25) is 14.9 Å². The van der Waals surface area contributed by atoms with Gasteiger partial charge in [0.15, 0.2) is 0 Å². The molecule has 7 heteroatoms. The SMILES string of the molecule is CN(CC1CCCOC1)C(=O)c1cc(Cl)ccc1[N+](=O)[O-]. The van der Waals surface area contributed by atoms with Gasteiger partial charge in [-0.2, -0.15) is 0 Å². The number of hydrogen-bond acceptors (Lipinski definition) is 4. The Bertz CT molecular complexity index is 544. The smallest absolute Gasteiger partial charge is 0.282 e. The summed E-state index contributed by atoms with van der Waals surface area (Å²) in [4.78, 5) is 24.4. The van der Waals surface area contributed by atoms with E-state index >= 15 is 0 Å². The van der Waals surface area contributed by atoms with Gasteiger partial charge < -0.3 is 9.64 Å². The first kappa shape index (κ1) is 15.7. The normalized spacial score (nSPS) is 18.3. The van der Waals surface area contributed by atoms with Crippen LogP contribution in [0.15, 0.2) is 18.2 Å². The Labute approximate surface area is 127 Å². The van der Waals surface area contributed by atoms with E-state index in [9.17, 15) is 14.9 Å². The van der Waals surface area contributed by atoms with Crippen LogP contribution in [-0.4, -0.2) is 42.5 Å². The number of amides is 1. The second-order valence-corrected chi connectivity index (χ2v) is 5.62. The molecular weight excluding hydrogens is 296 g/mol. The van der Waals surface area contributed by atoms with Crippen LogP contribution in [0.4, 0.5) is 5.69 Å². The Hall–Kier alpha value is -1.66. The lowest BCUT2D eigenvalue weighted by molar-refractivity contribution is -0.385. The Morgan fingerprint density at radius 1 is 1.57 bits per heavy atom. The molecule has 1 aliphatic heterocycles. The van der Waals surface area contributed by atoms with Crippen LogP contribution in [0.1, 0.15) is 23.2 Å². The quantitative estimate of drug-likeness (QED) is 0.633. The lowest BCUT2D eigenvalue weighted by atomic mass is 10.0. The number of carbonyl (C=O) groups is 1. The fourth-order valence-electron chi connectivity index (χ4n) is 2.47. The predicted octanol–water partition coefficient (Wildman–Crippen LogP) is 2.75. The van der Waals surface area contributed by atoms with Gasteiger partial charge in [0, 0.05) is 31.3 Å². The number of rotatable bonds is 4. The molecule has 1 saturated heterocycles. The topological polar surface area (TPSA) is 72.7 Å². The third-order valence-corrected chi connectivity index (χ3v) is 3.75. The van der Waals surface area contributed by atoms with Crippen molar-refractivity contribution in [3.63, 3.8) is 0 Å². The van der Waals surface area contributed by atoms with Crippen molar-refractivity contribution in [2.45, 2.75) is 12.8 Å². The van der Waals surface area contributed by atoms with Gasteiger partial charge in [-0.05, 0) is 30.9 Å². The first-order chi connectivity index (χ1) is 9.99. The van der Waals surface area contributed by atoms with Crippen LogP contribution in [0.2, 0.25) is 5.02 Å². The van der Waals surface area contributed by atoms with Crippen molar-refractivity contribution in [2.24, 2.45) is 5.92 Å². The van der Waals surface area contributed by atoms with Crippen LogP contribution in [0, 0.1) is 16.0 Å². The van der Waals surface area contributed by atoms with E-state index in [1.165, 1.54) is 23.1 Å². The summed E-state index contributed by atoms with van der Waals surface area (Å²) in [5.41, 5.74) is -0.206. The second-order valence-electron chi connectivity index (χ2n) is 5.19. The van der Waals surface area contributed by atoms with Crippen LogP contribution in [0.3, 0.4) is 0 Å². The van der Waals surface area contributed by atoms with Crippen molar-refractivity contribution in [1.82, 2.24) is 4.90 Å². The van der Waals surface area contributed by atoms with E-state index in [0.29, 0.717) is 18.2 Å². The number of hydrogen-bond donors (Lipinski definition) is 0. The number of nitro benzene ring substituents is 1. The summed E-state index contributed by atoms with van der Waals surface area (Å²) >= 11 is 5.85. The summed E-state index contributed by atoms with van der Waals surface area (Å²) in [6.07, 6.45) is 1.97. The average molecular weight is 313 g/mol. The van der Waals surface area contributed by atoms with Crippen molar-refractivity contribution in [2.75, 3.05) is 26.8 Å². The molecule has 1 amide bonds. The largest absolute Gasteiger partial charge is 0.381 e. The molecule has 6 nitrogen and oxygen atoms in total. The lowest BCUT2D eigenvalue weighted by Crippen LogP contribution is -2.35. The van der Waals surface area contributed by atoms with Crippen LogP contribution in [-0.2, 0) is 4.74 Å². The summed E-state index contributed by atoms with van der Waals surface area (Å²) < 4.78 is 5.38. The van der Waals surface area contributed by atoms with Crippen molar-refractivity contribution in [3.8, 4) is 0 Å². The van der Waals surface area contributed by atoms with E-state index in [1.54, 1.807) is 7.05 Å². The molecule has 1 heterocycles. The summed E-state index contributed by atoms with van der Waals surface area (Å²) in [6, 6.07) is 4.01. The molecule has 1 aromatic carbocycles. The van der Waals surface area contributed by atoms with Gasteiger partial charge in [-0.15, -0.1) is 0 Å². The maximum Gasteiger partial charge on any atom is 0.282 e. The molecule has 0 aliphatic carbocycles. The number of carbonyl (C=O) groups excluding carboxylic acids is 1. The van der Waals surface area contributed by atoms with E-state index in [2.05, 4.69) is 0 Å². The highest BCUT2D eigenvalue weighted by Gasteiger charge is 2.25. The van der Waals surface area contributed by atoms with Crippen LogP contribution in [0.25, 0.3) is 0 Å². The van der Waals surface area contributed by atoms with E-state index in [4.69, 9.17) is 16.3 Å². The summed E-state index contributed by atoms with van der Waals surface area (Å²) in [7, 11) is 1.64. The molecule has 114 valence electrons. The molecule has 0 saturated carbocycles. The summed E-state index contributed by atoms with van der Waals surface area (Å²) in [5, 5.41) is 11.3. The Morgan fingerprint density at radius 2 is 2.33 bits per heavy atom. The van der Waals surface area contributed by atoms with Gasteiger partial charge in [-0.25, -0.2) is 0 Å². The monoisotopic (exact) mass is 312 g/mol. The predicted molar refractivity (Wildman–Crippen MR) is 78.6 cm³/mol. The van der Waals surface area contributed by atoms with E-state index < -0.39 is 10.8 Å². The zero-order valence-corrected chi connectivity index (χ0v) is 12.5.